The summed E-state index contributed by atoms with van der Waals surface area (Å²) in [7, 11) is 1.58. The van der Waals surface area contributed by atoms with Gasteiger partial charge < -0.3 is 15.0 Å². The highest BCUT2D eigenvalue weighted by Crippen LogP contribution is 2.37. The van der Waals surface area contributed by atoms with Crippen molar-refractivity contribution < 1.29 is 19.1 Å². The van der Waals surface area contributed by atoms with Crippen molar-refractivity contribution in [1.29, 1.82) is 5.26 Å². The van der Waals surface area contributed by atoms with Crippen molar-refractivity contribution in [2.24, 2.45) is 17.8 Å². The van der Waals surface area contributed by atoms with Gasteiger partial charge in [0, 0.05) is 34.5 Å². The van der Waals surface area contributed by atoms with Crippen molar-refractivity contribution in [2.45, 2.75) is 63.8 Å². The molecule has 0 spiro atoms. The molecular formula is C26H30BrN3O4. The van der Waals surface area contributed by atoms with Gasteiger partial charge >= 0.3 is 0 Å². The average Bonchev–Trinajstić information content (AvgIpc) is 3.54. The van der Waals surface area contributed by atoms with Gasteiger partial charge in [-0.15, -0.1) is 0 Å². The molecule has 0 saturated heterocycles. The summed E-state index contributed by atoms with van der Waals surface area (Å²) in [6, 6.07) is 6.92. The maximum atomic E-state index is 13.2. The predicted octanol–water partition coefficient (Wildman–Crippen LogP) is 5.09. The molecule has 0 aliphatic heterocycles. The normalized spacial score (nSPS) is 19.9. The molecule has 2 aliphatic rings. The second-order valence-corrected chi connectivity index (χ2v) is 10.5. The summed E-state index contributed by atoms with van der Waals surface area (Å²) in [6.07, 6.45) is 6.39. The number of ketones is 2. The molecule has 180 valence electrons. The number of amides is 1. The number of fused-ring (bicyclic) bond motifs is 1. The predicted molar refractivity (Wildman–Crippen MR) is 131 cm³/mol. The van der Waals surface area contributed by atoms with Gasteiger partial charge in [-0.2, -0.15) is 5.26 Å². The van der Waals surface area contributed by atoms with Crippen LogP contribution in [0.5, 0.6) is 5.75 Å². The van der Waals surface area contributed by atoms with Gasteiger partial charge in [-0.25, -0.2) is 0 Å². The second-order valence-electron chi connectivity index (χ2n) is 9.59. The SMILES string of the molecule is COc1cc(Br)cc2[nH]c(C(=O)CC(CC3CC3)C(=O)NC(C#N)CC3CCCCC3=O)cc12. The fourth-order valence-electron chi connectivity index (χ4n) is 4.89. The number of H-pyrrole nitrogens is 1. The number of nitriles is 1. The highest BCUT2D eigenvalue weighted by atomic mass is 79.9. The largest absolute Gasteiger partial charge is 0.496 e. The Morgan fingerprint density at radius 2 is 2.03 bits per heavy atom. The number of aromatic nitrogens is 1. The smallest absolute Gasteiger partial charge is 0.224 e. The third-order valence-electron chi connectivity index (χ3n) is 6.98. The second kappa shape index (κ2) is 10.7. The van der Waals surface area contributed by atoms with Crippen LogP contribution in [0.2, 0.25) is 0 Å². The fraction of sp³-hybridized carbons (Fsp3) is 0.538. The number of nitrogens with one attached hydrogen (secondary N) is 2. The lowest BCUT2D eigenvalue weighted by atomic mass is 9.83. The van der Waals surface area contributed by atoms with E-state index in [9.17, 15) is 19.6 Å². The lowest BCUT2D eigenvalue weighted by Gasteiger charge is -2.24. The topological polar surface area (TPSA) is 112 Å². The Bertz CT molecular complexity index is 1130. The van der Waals surface area contributed by atoms with E-state index in [1.165, 1.54) is 0 Å². The number of ether oxygens (including phenoxy) is 1. The number of aromatic amines is 1. The van der Waals surface area contributed by atoms with Crippen LogP contribution in [0, 0.1) is 29.1 Å². The van der Waals surface area contributed by atoms with Crippen LogP contribution in [-0.4, -0.2) is 35.6 Å². The summed E-state index contributed by atoms with van der Waals surface area (Å²) >= 11 is 3.45. The number of rotatable bonds is 10. The first-order valence-corrected chi connectivity index (χ1v) is 12.8. The van der Waals surface area contributed by atoms with Crippen molar-refractivity contribution in [2.75, 3.05) is 7.11 Å². The van der Waals surface area contributed by atoms with E-state index < -0.39 is 12.0 Å². The van der Waals surface area contributed by atoms with E-state index in [0.717, 1.165) is 47.5 Å². The summed E-state index contributed by atoms with van der Waals surface area (Å²) < 4.78 is 6.26. The first-order chi connectivity index (χ1) is 16.4. The van der Waals surface area contributed by atoms with Crippen LogP contribution in [0.15, 0.2) is 22.7 Å². The van der Waals surface area contributed by atoms with Crippen molar-refractivity contribution in [3.8, 4) is 11.8 Å². The van der Waals surface area contributed by atoms with Crippen LogP contribution in [0.25, 0.3) is 10.9 Å². The van der Waals surface area contributed by atoms with E-state index >= 15 is 0 Å². The Hall–Kier alpha value is -2.66. The number of benzene rings is 1. The van der Waals surface area contributed by atoms with E-state index in [2.05, 4.69) is 32.3 Å². The Labute approximate surface area is 207 Å². The molecule has 1 heterocycles. The Kier molecular flexibility index (Phi) is 7.72. The third kappa shape index (κ3) is 5.87. The van der Waals surface area contributed by atoms with Crippen molar-refractivity contribution in [3.05, 3.63) is 28.4 Å². The number of hydrogen-bond acceptors (Lipinski definition) is 5. The van der Waals surface area contributed by atoms with Gasteiger partial charge in [0.15, 0.2) is 5.78 Å². The lowest BCUT2D eigenvalue weighted by molar-refractivity contribution is -0.127. The molecule has 0 radical (unpaired) electrons. The Morgan fingerprint density at radius 3 is 2.71 bits per heavy atom. The van der Waals surface area contributed by atoms with Crippen LogP contribution in [0.1, 0.15) is 68.3 Å². The molecule has 34 heavy (non-hydrogen) atoms. The minimum atomic E-state index is -0.717. The molecule has 2 aromatic rings. The van der Waals surface area contributed by atoms with Gasteiger partial charge in [0.25, 0.3) is 0 Å². The number of hydrogen-bond donors (Lipinski definition) is 2. The molecule has 1 amide bonds. The van der Waals surface area contributed by atoms with Crippen molar-refractivity contribution in [1.82, 2.24) is 10.3 Å². The zero-order chi connectivity index (χ0) is 24.2. The Balaban J connectivity index is 1.45. The van der Waals surface area contributed by atoms with Crippen LogP contribution in [0.3, 0.4) is 0 Å². The summed E-state index contributed by atoms with van der Waals surface area (Å²) in [6.45, 7) is 0. The maximum Gasteiger partial charge on any atom is 0.224 e. The first kappa shape index (κ1) is 24.5. The minimum Gasteiger partial charge on any atom is -0.496 e. The fourth-order valence-corrected chi connectivity index (χ4v) is 5.32. The van der Waals surface area contributed by atoms with Gasteiger partial charge in [0.2, 0.25) is 5.91 Å². The summed E-state index contributed by atoms with van der Waals surface area (Å²) in [4.78, 5) is 41.6. The molecule has 3 unspecified atom stereocenters. The number of methoxy groups -OCH3 is 1. The molecule has 2 fully saturated rings. The van der Waals surface area contributed by atoms with Crippen LogP contribution in [0.4, 0.5) is 0 Å². The molecule has 7 nitrogen and oxygen atoms in total. The number of carbonyl (C=O) groups is 3. The minimum absolute atomic E-state index is 0.0686. The molecule has 0 bridgehead atoms. The van der Waals surface area contributed by atoms with Crippen LogP contribution < -0.4 is 10.1 Å². The molecule has 8 heteroatoms. The molecule has 3 atom stereocenters. The quantitative estimate of drug-likeness (QED) is 0.418. The monoisotopic (exact) mass is 527 g/mol. The summed E-state index contributed by atoms with van der Waals surface area (Å²) in [5.41, 5.74) is 1.21. The van der Waals surface area contributed by atoms with Gasteiger partial charge in [-0.3, -0.25) is 14.4 Å². The molecule has 2 saturated carbocycles. The van der Waals surface area contributed by atoms with Crippen LogP contribution in [-0.2, 0) is 9.59 Å². The first-order valence-electron chi connectivity index (χ1n) is 12.0. The highest BCUT2D eigenvalue weighted by Gasteiger charge is 2.33. The van der Waals surface area contributed by atoms with E-state index in [4.69, 9.17) is 4.74 Å². The summed E-state index contributed by atoms with van der Waals surface area (Å²) in [5.74, 6) is 0.202. The van der Waals surface area contributed by atoms with E-state index in [0.29, 0.717) is 36.6 Å². The number of halogens is 1. The van der Waals surface area contributed by atoms with E-state index in [1.54, 1.807) is 13.2 Å². The molecular weight excluding hydrogens is 498 g/mol. The lowest BCUT2D eigenvalue weighted by Crippen LogP contribution is -2.41. The molecule has 1 aromatic heterocycles. The molecule has 1 aromatic carbocycles. The number of carbonyl (C=O) groups excluding carboxylic acids is 3. The van der Waals surface area contributed by atoms with Gasteiger partial charge in [-0.05, 0) is 49.8 Å². The molecule has 2 N–H and O–H groups in total. The van der Waals surface area contributed by atoms with Gasteiger partial charge in [0.1, 0.15) is 17.6 Å². The number of Topliss-reactive ketones (excluding diaryl/α,β-unsaturated/α-hetero) is 2. The standard InChI is InChI=1S/C26H30BrN3O4/c1-34-25-12-18(27)11-21-20(25)13-22(30-21)24(32)10-17(8-15-6-7-15)26(33)29-19(14-28)9-16-4-2-3-5-23(16)31/h11-13,15-17,19,30H,2-10H2,1H3,(H,29,33). The molecule has 4 rings (SSSR count). The highest BCUT2D eigenvalue weighted by molar-refractivity contribution is 9.10. The summed E-state index contributed by atoms with van der Waals surface area (Å²) in [5, 5.41) is 13.3. The zero-order valence-electron chi connectivity index (χ0n) is 19.4. The van der Waals surface area contributed by atoms with Crippen molar-refractivity contribution in [3.63, 3.8) is 0 Å². The number of nitrogens with zero attached hydrogens (tertiary/aromatic N) is 1. The zero-order valence-corrected chi connectivity index (χ0v) is 20.9. The third-order valence-corrected chi connectivity index (χ3v) is 7.43. The van der Waals surface area contributed by atoms with Crippen molar-refractivity contribution >= 4 is 44.3 Å². The maximum absolute atomic E-state index is 13.2. The van der Waals surface area contributed by atoms with Crippen LogP contribution >= 0.6 is 15.9 Å². The average molecular weight is 528 g/mol. The Morgan fingerprint density at radius 1 is 1.24 bits per heavy atom. The van der Waals surface area contributed by atoms with E-state index in [-0.39, 0.29) is 29.8 Å². The van der Waals surface area contributed by atoms with Gasteiger partial charge in [-0.1, -0.05) is 35.2 Å². The molecule has 2 aliphatic carbocycles. The van der Waals surface area contributed by atoms with Gasteiger partial charge in [0.05, 0.1) is 24.4 Å². The van der Waals surface area contributed by atoms with E-state index in [1.807, 2.05) is 12.1 Å².